The van der Waals surface area contributed by atoms with Gasteiger partial charge in [0, 0.05) is 6.42 Å². The van der Waals surface area contributed by atoms with Gasteiger partial charge < -0.3 is 12.4 Å². The summed E-state index contributed by atoms with van der Waals surface area (Å²) in [4.78, 5) is 3.06. The van der Waals surface area contributed by atoms with Crippen molar-refractivity contribution in [1.29, 1.82) is 0 Å². The van der Waals surface area contributed by atoms with Crippen LogP contribution >= 0.6 is 0 Å². The summed E-state index contributed by atoms with van der Waals surface area (Å²) < 4.78 is 2.21. The number of rotatable bonds is 5. The maximum absolute atomic E-state index is 3.77. The van der Waals surface area contributed by atoms with E-state index in [0.717, 1.165) is 6.42 Å². The molecule has 74 valence electrons. The zero-order valence-corrected chi connectivity index (χ0v) is 8.80. The van der Waals surface area contributed by atoms with Crippen LogP contribution in [0.3, 0.4) is 0 Å². The van der Waals surface area contributed by atoms with E-state index in [1.54, 1.807) is 0 Å². The minimum Gasteiger partial charge on any atom is -1.00 e. The van der Waals surface area contributed by atoms with Crippen molar-refractivity contribution in [3.63, 3.8) is 0 Å². The van der Waals surface area contributed by atoms with Crippen LogP contribution in [0, 0.1) is 0 Å². The lowest BCUT2D eigenvalue weighted by molar-refractivity contribution is -0.722. The molecule has 1 aromatic heterocycles. The van der Waals surface area contributed by atoms with E-state index in [4.69, 9.17) is 0 Å². The van der Waals surface area contributed by atoms with E-state index in [9.17, 15) is 0 Å². The van der Waals surface area contributed by atoms with Crippen LogP contribution in [0.1, 0.15) is 32.2 Å². The number of hydrogen-bond donors (Lipinski definition) is 1. The van der Waals surface area contributed by atoms with E-state index in [1.165, 1.54) is 12.8 Å². The quantitative estimate of drug-likeness (QED) is 0.476. The molecule has 0 aliphatic carbocycles. The van der Waals surface area contributed by atoms with Gasteiger partial charge in [0.15, 0.2) is 0 Å². The second-order valence-electron chi connectivity index (χ2n) is 3.03. The second-order valence-corrected chi connectivity index (χ2v) is 3.03. The van der Waals surface area contributed by atoms with Crippen molar-refractivity contribution in [3.8, 4) is 0 Å². The maximum Gasteiger partial charge on any atom is 0.241 e. The third kappa shape index (κ3) is 3.64. The molecule has 0 aliphatic rings. The third-order valence-corrected chi connectivity index (χ3v) is 2.05. The average Bonchev–Trinajstić information content (AvgIpc) is 2.56. The lowest BCUT2D eigenvalue weighted by atomic mass is 10.1. The molecule has 0 bridgehead atoms. The molecule has 0 aliphatic heterocycles. The molecule has 0 saturated heterocycles. The van der Waals surface area contributed by atoms with Crippen LogP contribution in [0.15, 0.2) is 31.4 Å². The molecule has 1 atom stereocenters. The lowest BCUT2D eigenvalue weighted by Gasteiger charge is -2.09. The molecule has 1 unspecified atom stereocenters. The van der Waals surface area contributed by atoms with Crippen molar-refractivity contribution in [3.05, 3.63) is 31.4 Å². The summed E-state index contributed by atoms with van der Waals surface area (Å²) in [6, 6.07) is 0.582. The minimum atomic E-state index is 0. The van der Waals surface area contributed by atoms with E-state index in [-0.39, 0.29) is 12.4 Å². The Hall–Kier alpha value is -0.760. The van der Waals surface area contributed by atoms with Crippen molar-refractivity contribution in [2.75, 3.05) is 0 Å². The van der Waals surface area contributed by atoms with Crippen LogP contribution in [0.25, 0.3) is 0 Å². The number of H-pyrrole nitrogens is 1. The molecule has 0 spiro atoms. The Balaban J connectivity index is 0.00000144. The summed E-state index contributed by atoms with van der Waals surface area (Å²) in [5.74, 6) is 0. The molecule has 1 rings (SSSR count). The summed E-state index contributed by atoms with van der Waals surface area (Å²) in [5, 5.41) is 0. The molecule has 0 aromatic carbocycles. The van der Waals surface area contributed by atoms with Gasteiger partial charge in [0.25, 0.3) is 0 Å². The number of halogens is 1. The molecule has 0 saturated carbocycles. The van der Waals surface area contributed by atoms with Crippen LogP contribution in [0.4, 0.5) is 0 Å². The van der Waals surface area contributed by atoms with E-state index >= 15 is 0 Å². The van der Waals surface area contributed by atoms with Crippen molar-refractivity contribution < 1.29 is 17.0 Å². The molecule has 0 radical (unpaired) electrons. The number of hydrogen-bond acceptors (Lipinski definition) is 0. The fourth-order valence-electron chi connectivity index (χ4n) is 1.44. The summed E-state index contributed by atoms with van der Waals surface area (Å²) in [7, 11) is 0. The highest BCUT2D eigenvalue weighted by molar-refractivity contribution is 4.71. The molecule has 1 aromatic rings. The molecule has 13 heavy (non-hydrogen) atoms. The normalized spacial score (nSPS) is 11.8. The number of aromatic amines is 1. The first-order valence-corrected chi connectivity index (χ1v) is 4.53. The van der Waals surface area contributed by atoms with Crippen LogP contribution in [0.5, 0.6) is 0 Å². The molecule has 0 amide bonds. The summed E-state index contributed by atoms with van der Waals surface area (Å²) in [6.45, 7) is 5.98. The predicted octanol–water partition coefficient (Wildman–Crippen LogP) is -0.776. The molecule has 3 heteroatoms. The van der Waals surface area contributed by atoms with E-state index in [1.807, 2.05) is 18.6 Å². The van der Waals surface area contributed by atoms with Gasteiger partial charge in [-0.05, 0) is 6.42 Å². The van der Waals surface area contributed by atoms with Crippen LogP contribution in [-0.2, 0) is 0 Å². The molecule has 2 nitrogen and oxygen atoms in total. The number of aromatic nitrogens is 2. The fourth-order valence-corrected chi connectivity index (χ4v) is 1.44. The van der Waals surface area contributed by atoms with Gasteiger partial charge in [0.05, 0.1) is 0 Å². The predicted molar refractivity (Wildman–Crippen MR) is 49.7 cm³/mol. The van der Waals surface area contributed by atoms with Gasteiger partial charge >= 0.3 is 0 Å². The van der Waals surface area contributed by atoms with Crippen molar-refractivity contribution in [1.82, 2.24) is 4.98 Å². The topological polar surface area (TPSA) is 19.7 Å². The number of allylic oxidation sites excluding steroid dienone is 1. The van der Waals surface area contributed by atoms with Crippen molar-refractivity contribution in [2.45, 2.75) is 32.2 Å². The molecular weight excluding hydrogens is 184 g/mol. The number of imidazole rings is 1. The first-order valence-electron chi connectivity index (χ1n) is 4.53. The van der Waals surface area contributed by atoms with E-state index < -0.39 is 0 Å². The lowest BCUT2D eigenvalue weighted by Crippen LogP contribution is -3.00. The smallest absolute Gasteiger partial charge is 0.241 e. The Kier molecular flexibility index (Phi) is 6.33. The highest BCUT2D eigenvalue weighted by Gasteiger charge is 2.11. The second kappa shape index (κ2) is 6.72. The van der Waals surface area contributed by atoms with Gasteiger partial charge in [-0.2, -0.15) is 0 Å². The van der Waals surface area contributed by atoms with Crippen LogP contribution in [0.2, 0.25) is 0 Å². The van der Waals surface area contributed by atoms with Gasteiger partial charge in [0.1, 0.15) is 18.4 Å². The molecule has 0 fully saturated rings. The van der Waals surface area contributed by atoms with Crippen molar-refractivity contribution in [2.24, 2.45) is 0 Å². The molecular formula is C10H17ClN2. The van der Waals surface area contributed by atoms with Gasteiger partial charge in [-0.25, -0.2) is 4.57 Å². The monoisotopic (exact) mass is 200 g/mol. The van der Waals surface area contributed by atoms with Gasteiger partial charge in [-0.15, -0.1) is 6.58 Å². The first-order chi connectivity index (χ1) is 5.88. The van der Waals surface area contributed by atoms with Gasteiger partial charge in [0.2, 0.25) is 6.33 Å². The molecule has 1 heterocycles. The number of nitrogens with one attached hydrogen (secondary N) is 1. The molecule has 1 N–H and O–H groups in total. The van der Waals surface area contributed by atoms with Gasteiger partial charge in [-0.1, -0.05) is 19.4 Å². The Bertz CT molecular complexity index is 219. The van der Waals surface area contributed by atoms with Crippen LogP contribution in [-0.4, -0.2) is 4.98 Å². The minimum absolute atomic E-state index is 0. The zero-order chi connectivity index (χ0) is 8.81. The Morgan fingerprint density at radius 1 is 1.62 bits per heavy atom. The first kappa shape index (κ1) is 12.2. The Morgan fingerprint density at radius 3 is 2.85 bits per heavy atom. The highest BCUT2D eigenvalue weighted by atomic mass is 35.5. The van der Waals surface area contributed by atoms with E-state index in [2.05, 4.69) is 29.3 Å². The zero-order valence-electron chi connectivity index (χ0n) is 8.04. The average molecular weight is 201 g/mol. The standard InChI is InChI=1S/C10H16N2.ClH/c1-3-5-10(6-4-2)12-8-7-11-9-12;/h3,7-10H,1,4-6H2,2H3;1H. The summed E-state index contributed by atoms with van der Waals surface area (Å²) in [5.41, 5.74) is 0. The summed E-state index contributed by atoms with van der Waals surface area (Å²) >= 11 is 0. The Labute approximate surface area is 86.1 Å². The Morgan fingerprint density at radius 2 is 2.38 bits per heavy atom. The maximum atomic E-state index is 3.77. The summed E-state index contributed by atoms with van der Waals surface area (Å²) in [6.07, 6.45) is 11.5. The highest BCUT2D eigenvalue weighted by Crippen LogP contribution is 2.10. The SMILES string of the molecule is C=CCC(CCC)[n+]1cc[nH]c1.[Cl-]. The number of nitrogens with zero attached hydrogens (tertiary/aromatic N) is 1. The largest absolute Gasteiger partial charge is 1.00 e. The third-order valence-electron chi connectivity index (χ3n) is 2.05. The van der Waals surface area contributed by atoms with E-state index in [0.29, 0.717) is 6.04 Å². The van der Waals surface area contributed by atoms with Crippen LogP contribution < -0.4 is 17.0 Å². The fraction of sp³-hybridized carbons (Fsp3) is 0.500. The van der Waals surface area contributed by atoms with Gasteiger partial charge in [-0.3, -0.25) is 4.98 Å². The van der Waals surface area contributed by atoms with Crippen molar-refractivity contribution >= 4 is 0 Å².